The molecule has 1 aromatic carbocycles. The molecule has 1 saturated carbocycles. The second-order valence-electron chi connectivity index (χ2n) is 5.29. The van der Waals surface area contributed by atoms with E-state index in [2.05, 4.69) is 6.07 Å². The van der Waals surface area contributed by atoms with Gasteiger partial charge in [0.25, 0.3) is 0 Å². The Bertz CT molecular complexity index is 631. The lowest BCUT2D eigenvalue weighted by Crippen LogP contribution is -2.03. The summed E-state index contributed by atoms with van der Waals surface area (Å²) in [7, 11) is 0. The molecule has 0 aliphatic heterocycles. The number of benzene rings is 1. The highest BCUT2D eigenvalue weighted by Crippen LogP contribution is 2.39. The van der Waals surface area contributed by atoms with Crippen molar-refractivity contribution in [3.05, 3.63) is 34.8 Å². The van der Waals surface area contributed by atoms with Crippen LogP contribution in [0.1, 0.15) is 48.6 Å². The fourth-order valence-corrected chi connectivity index (χ4v) is 3.81. The van der Waals surface area contributed by atoms with Crippen molar-refractivity contribution >= 4 is 16.3 Å². The van der Waals surface area contributed by atoms with Gasteiger partial charge in [0, 0.05) is 11.5 Å². The summed E-state index contributed by atoms with van der Waals surface area (Å²) >= 11 is 1.63. The van der Waals surface area contributed by atoms with Gasteiger partial charge in [0.1, 0.15) is 10.7 Å². The number of hydrogen-bond donors (Lipinski definition) is 1. The zero-order chi connectivity index (χ0) is 13.9. The first-order valence-electron chi connectivity index (χ1n) is 7.04. The number of nitrogen functional groups attached to an aromatic ring is 1. The maximum absolute atomic E-state index is 8.84. The largest absolute Gasteiger partial charge is 0.389 e. The van der Waals surface area contributed by atoms with E-state index in [9.17, 15) is 0 Å². The zero-order valence-electron chi connectivity index (χ0n) is 11.3. The van der Waals surface area contributed by atoms with Crippen molar-refractivity contribution < 1.29 is 0 Å². The van der Waals surface area contributed by atoms with Gasteiger partial charge in [-0.25, -0.2) is 4.98 Å². The first-order valence-corrected chi connectivity index (χ1v) is 7.86. The summed E-state index contributed by atoms with van der Waals surface area (Å²) in [6.07, 6.45) is 6.42. The molecule has 0 amide bonds. The molecule has 3 nitrogen and oxygen atoms in total. The minimum absolute atomic E-state index is 0.586. The van der Waals surface area contributed by atoms with Gasteiger partial charge in [-0.3, -0.25) is 0 Å². The van der Waals surface area contributed by atoms with Crippen LogP contribution in [-0.2, 0) is 0 Å². The molecule has 0 atom stereocenters. The lowest BCUT2D eigenvalue weighted by atomic mass is 9.90. The minimum Gasteiger partial charge on any atom is -0.389 e. The molecule has 1 heterocycles. The van der Waals surface area contributed by atoms with Crippen molar-refractivity contribution in [2.24, 2.45) is 0 Å². The van der Waals surface area contributed by atoms with E-state index >= 15 is 0 Å². The van der Waals surface area contributed by atoms with Crippen LogP contribution in [0.4, 0.5) is 5.00 Å². The predicted molar refractivity (Wildman–Crippen MR) is 82.5 cm³/mol. The Kier molecular flexibility index (Phi) is 3.70. The molecule has 1 aliphatic rings. The number of rotatable bonds is 2. The molecule has 1 aliphatic carbocycles. The van der Waals surface area contributed by atoms with Gasteiger partial charge in [-0.1, -0.05) is 31.4 Å². The standard InChI is InChI=1S/C16H17N3S/c17-10-11-6-8-12(9-7-11)14-15(18)20-16(19-14)13-4-2-1-3-5-13/h6-9,13H,1-5,18H2. The van der Waals surface area contributed by atoms with Crippen LogP contribution in [-0.4, -0.2) is 4.98 Å². The topological polar surface area (TPSA) is 62.7 Å². The number of nitriles is 1. The summed E-state index contributed by atoms with van der Waals surface area (Å²) in [6.45, 7) is 0. The Morgan fingerprint density at radius 1 is 1.15 bits per heavy atom. The molecule has 3 rings (SSSR count). The monoisotopic (exact) mass is 283 g/mol. The average Bonchev–Trinajstić information content (AvgIpc) is 2.90. The Morgan fingerprint density at radius 2 is 1.85 bits per heavy atom. The molecule has 4 heteroatoms. The molecule has 102 valence electrons. The third-order valence-electron chi connectivity index (χ3n) is 3.91. The van der Waals surface area contributed by atoms with Gasteiger partial charge in [0.2, 0.25) is 0 Å². The van der Waals surface area contributed by atoms with Gasteiger partial charge in [0.05, 0.1) is 16.6 Å². The van der Waals surface area contributed by atoms with E-state index in [1.54, 1.807) is 11.3 Å². The van der Waals surface area contributed by atoms with Gasteiger partial charge in [-0.05, 0) is 25.0 Å². The highest BCUT2D eigenvalue weighted by Gasteiger charge is 2.21. The summed E-state index contributed by atoms with van der Waals surface area (Å²) in [5.74, 6) is 0.586. The number of hydrogen-bond acceptors (Lipinski definition) is 4. The van der Waals surface area contributed by atoms with Crippen molar-refractivity contribution in [2.45, 2.75) is 38.0 Å². The second-order valence-corrected chi connectivity index (χ2v) is 6.35. The van der Waals surface area contributed by atoms with Crippen molar-refractivity contribution in [3.63, 3.8) is 0 Å². The number of thiazole rings is 1. The molecular weight excluding hydrogens is 266 g/mol. The van der Waals surface area contributed by atoms with Gasteiger partial charge >= 0.3 is 0 Å². The van der Waals surface area contributed by atoms with Crippen LogP contribution in [0.2, 0.25) is 0 Å². The molecule has 0 saturated heterocycles. The van der Waals surface area contributed by atoms with Gasteiger partial charge < -0.3 is 5.73 Å². The van der Waals surface area contributed by atoms with E-state index in [0.717, 1.165) is 16.3 Å². The van der Waals surface area contributed by atoms with Crippen molar-refractivity contribution in [2.75, 3.05) is 5.73 Å². The molecule has 0 spiro atoms. The molecule has 0 unspecified atom stereocenters. The van der Waals surface area contributed by atoms with Crippen LogP contribution in [0.25, 0.3) is 11.3 Å². The molecule has 20 heavy (non-hydrogen) atoms. The maximum Gasteiger partial charge on any atom is 0.114 e. The molecule has 1 fully saturated rings. The van der Waals surface area contributed by atoms with E-state index in [0.29, 0.717) is 11.5 Å². The van der Waals surface area contributed by atoms with Crippen molar-refractivity contribution in [3.8, 4) is 17.3 Å². The Balaban J connectivity index is 1.89. The summed E-state index contributed by atoms with van der Waals surface area (Å²) in [5, 5.41) is 10.8. The van der Waals surface area contributed by atoms with Crippen LogP contribution < -0.4 is 5.73 Å². The third-order valence-corrected chi connectivity index (χ3v) is 4.96. The lowest BCUT2D eigenvalue weighted by Gasteiger charge is -2.18. The molecular formula is C16H17N3S. The lowest BCUT2D eigenvalue weighted by molar-refractivity contribution is 0.442. The van der Waals surface area contributed by atoms with E-state index in [4.69, 9.17) is 16.0 Å². The summed E-state index contributed by atoms with van der Waals surface area (Å²) in [6, 6.07) is 9.61. The zero-order valence-corrected chi connectivity index (χ0v) is 12.1. The summed E-state index contributed by atoms with van der Waals surface area (Å²) in [5.41, 5.74) is 8.68. The first kappa shape index (κ1) is 13.1. The van der Waals surface area contributed by atoms with Crippen LogP contribution in [0.15, 0.2) is 24.3 Å². The van der Waals surface area contributed by atoms with Gasteiger partial charge in [-0.15, -0.1) is 11.3 Å². The van der Waals surface area contributed by atoms with Crippen molar-refractivity contribution in [1.29, 1.82) is 5.26 Å². The highest BCUT2D eigenvalue weighted by molar-refractivity contribution is 7.16. The normalized spacial score (nSPS) is 15.9. The highest BCUT2D eigenvalue weighted by atomic mass is 32.1. The maximum atomic E-state index is 8.84. The Hall–Kier alpha value is -1.86. The van der Waals surface area contributed by atoms with Crippen LogP contribution >= 0.6 is 11.3 Å². The van der Waals surface area contributed by atoms with Gasteiger partial charge in [0.15, 0.2) is 0 Å². The number of anilines is 1. The first-order chi connectivity index (χ1) is 9.78. The van der Waals surface area contributed by atoms with E-state index in [1.807, 2.05) is 24.3 Å². The molecule has 2 N–H and O–H groups in total. The number of nitrogens with two attached hydrogens (primary N) is 1. The van der Waals surface area contributed by atoms with E-state index in [-0.39, 0.29) is 0 Å². The number of aromatic nitrogens is 1. The minimum atomic E-state index is 0.586. The Morgan fingerprint density at radius 3 is 2.50 bits per heavy atom. The average molecular weight is 283 g/mol. The summed E-state index contributed by atoms with van der Waals surface area (Å²) in [4.78, 5) is 4.77. The van der Waals surface area contributed by atoms with Gasteiger partial charge in [-0.2, -0.15) is 5.26 Å². The van der Waals surface area contributed by atoms with Crippen LogP contribution in [0.3, 0.4) is 0 Å². The second kappa shape index (κ2) is 5.64. The third kappa shape index (κ3) is 2.54. The molecule has 0 radical (unpaired) electrons. The molecule has 2 aromatic rings. The SMILES string of the molecule is N#Cc1ccc(-c2nc(C3CCCCC3)sc2N)cc1. The molecule has 1 aromatic heterocycles. The fourth-order valence-electron chi connectivity index (χ4n) is 2.78. The fraction of sp³-hybridized carbons (Fsp3) is 0.375. The van der Waals surface area contributed by atoms with Crippen LogP contribution in [0, 0.1) is 11.3 Å². The quantitative estimate of drug-likeness (QED) is 0.893. The predicted octanol–water partition coefficient (Wildman–Crippen LogP) is 4.31. The summed E-state index contributed by atoms with van der Waals surface area (Å²) < 4.78 is 0. The van der Waals surface area contributed by atoms with E-state index < -0.39 is 0 Å². The van der Waals surface area contributed by atoms with E-state index in [1.165, 1.54) is 37.1 Å². The molecule has 0 bridgehead atoms. The Labute approximate surface area is 123 Å². The van der Waals surface area contributed by atoms with Crippen molar-refractivity contribution in [1.82, 2.24) is 4.98 Å². The number of nitrogens with zero attached hydrogens (tertiary/aromatic N) is 2. The van der Waals surface area contributed by atoms with Crippen LogP contribution in [0.5, 0.6) is 0 Å². The smallest absolute Gasteiger partial charge is 0.114 e.